The van der Waals surface area contributed by atoms with E-state index in [-0.39, 0.29) is 12.5 Å². The highest BCUT2D eigenvalue weighted by Crippen LogP contribution is 2.37. The Labute approximate surface area is 203 Å². The molecule has 2 amide bonds. The van der Waals surface area contributed by atoms with Gasteiger partial charge in [0.25, 0.3) is 11.8 Å². The number of amidine groups is 1. The van der Waals surface area contributed by atoms with Crippen molar-refractivity contribution in [3.05, 3.63) is 49.9 Å². The lowest BCUT2D eigenvalue weighted by molar-refractivity contribution is -0.120. The topological polar surface area (TPSA) is 112 Å². The van der Waals surface area contributed by atoms with Gasteiger partial charge < -0.3 is 25.3 Å². The van der Waals surface area contributed by atoms with Gasteiger partial charge in [0, 0.05) is 0 Å². The van der Waals surface area contributed by atoms with Crippen LogP contribution in [-0.4, -0.2) is 37.3 Å². The van der Waals surface area contributed by atoms with Crippen LogP contribution in [0.15, 0.2) is 40.2 Å². The minimum absolute atomic E-state index is 0.248. The summed E-state index contributed by atoms with van der Waals surface area (Å²) in [6.45, 7) is 3.96. The van der Waals surface area contributed by atoms with Gasteiger partial charge in [-0.3, -0.25) is 9.59 Å². The summed E-state index contributed by atoms with van der Waals surface area (Å²) in [4.78, 5) is 28.6. The van der Waals surface area contributed by atoms with E-state index in [1.165, 1.54) is 11.8 Å². The molecule has 1 aliphatic heterocycles. The summed E-state index contributed by atoms with van der Waals surface area (Å²) in [5.74, 6) is 0.700. The van der Waals surface area contributed by atoms with Gasteiger partial charge in [-0.05, 0) is 89.7 Å². The van der Waals surface area contributed by atoms with Gasteiger partial charge in [-0.1, -0.05) is 6.07 Å². The van der Waals surface area contributed by atoms with Crippen LogP contribution in [0.5, 0.6) is 17.2 Å². The van der Waals surface area contributed by atoms with Gasteiger partial charge in [-0.15, -0.1) is 0 Å². The van der Waals surface area contributed by atoms with E-state index >= 15 is 0 Å². The molecule has 0 bridgehead atoms. The van der Waals surface area contributed by atoms with Crippen molar-refractivity contribution in [1.29, 1.82) is 0 Å². The zero-order valence-electron chi connectivity index (χ0n) is 17.7. The fourth-order valence-electron chi connectivity index (χ4n) is 2.85. The SMILES string of the molecule is CCOc1cc(/C=C2\SC(=Nc3cc(C)ccc3OC)NC2=O)cc(I)c1OCC(N)=O. The van der Waals surface area contributed by atoms with Crippen LogP contribution in [-0.2, 0) is 9.59 Å². The molecule has 0 radical (unpaired) electrons. The van der Waals surface area contributed by atoms with Crippen molar-refractivity contribution in [3.8, 4) is 17.2 Å². The molecule has 1 heterocycles. The summed E-state index contributed by atoms with van der Waals surface area (Å²) in [5, 5.41) is 3.25. The number of methoxy groups -OCH3 is 1. The standard InChI is InChI=1S/C22H22IN3O5S/c1-4-30-17-9-13(8-14(23)20(17)31-11-19(24)27)10-18-21(28)26-22(32-18)25-15-7-12(2)5-6-16(15)29-3/h5-10H,4,11H2,1-3H3,(H2,24,27)(H,25,26,28)/b18-10-. The number of amides is 2. The number of nitrogens with zero attached hydrogens (tertiary/aromatic N) is 1. The Morgan fingerprint density at radius 1 is 1.25 bits per heavy atom. The maximum atomic E-state index is 12.5. The van der Waals surface area contributed by atoms with E-state index in [2.05, 4.69) is 32.9 Å². The minimum Gasteiger partial charge on any atom is -0.494 e. The fourth-order valence-corrected chi connectivity index (χ4v) is 4.46. The second-order valence-electron chi connectivity index (χ2n) is 6.68. The van der Waals surface area contributed by atoms with Crippen LogP contribution in [0.3, 0.4) is 0 Å². The molecule has 2 aromatic rings. The Kier molecular flexibility index (Phi) is 8.02. The van der Waals surface area contributed by atoms with E-state index in [0.717, 1.165) is 14.7 Å². The number of hydrogen-bond donors (Lipinski definition) is 2. The van der Waals surface area contributed by atoms with Crippen molar-refractivity contribution in [2.75, 3.05) is 20.3 Å². The van der Waals surface area contributed by atoms with Gasteiger partial charge >= 0.3 is 0 Å². The number of primary amides is 1. The number of aryl methyl sites for hydroxylation is 1. The summed E-state index contributed by atoms with van der Waals surface area (Å²) < 4.78 is 17.2. The van der Waals surface area contributed by atoms with Crippen LogP contribution in [0.4, 0.5) is 5.69 Å². The van der Waals surface area contributed by atoms with Gasteiger partial charge in [-0.25, -0.2) is 4.99 Å². The Hall–Kier alpha value is -2.73. The average molecular weight is 567 g/mol. The van der Waals surface area contributed by atoms with E-state index in [1.807, 2.05) is 38.1 Å². The van der Waals surface area contributed by atoms with Crippen LogP contribution >= 0.6 is 34.4 Å². The zero-order chi connectivity index (χ0) is 23.3. The first-order valence-electron chi connectivity index (χ1n) is 9.62. The summed E-state index contributed by atoms with van der Waals surface area (Å²) in [5.41, 5.74) is 7.60. The maximum Gasteiger partial charge on any atom is 0.264 e. The van der Waals surface area contributed by atoms with Crippen molar-refractivity contribution in [1.82, 2.24) is 5.32 Å². The van der Waals surface area contributed by atoms with Gasteiger partial charge in [0.2, 0.25) is 0 Å². The number of ether oxygens (including phenoxy) is 3. The molecule has 3 N–H and O–H groups in total. The fraction of sp³-hybridized carbons (Fsp3) is 0.227. The van der Waals surface area contributed by atoms with Crippen LogP contribution < -0.4 is 25.3 Å². The smallest absolute Gasteiger partial charge is 0.264 e. The van der Waals surface area contributed by atoms with Crippen LogP contribution in [0.2, 0.25) is 0 Å². The number of halogens is 1. The molecule has 0 aromatic heterocycles. The first kappa shape index (κ1) is 23.9. The van der Waals surface area contributed by atoms with E-state index in [4.69, 9.17) is 19.9 Å². The third-order valence-electron chi connectivity index (χ3n) is 4.20. The number of carbonyl (C=O) groups excluding carboxylic acids is 2. The summed E-state index contributed by atoms with van der Waals surface area (Å²) in [6.07, 6.45) is 1.75. The van der Waals surface area contributed by atoms with Crippen LogP contribution in [0, 0.1) is 10.5 Å². The predicted octanol–water partition coefficient (Wildman–Crippen LogP) is 3.76. The molecule has 3 rings (SSSR count). The molecule has 0 atom stereocenters. The largest absolute Gasteiger partial charge is 0.494 e. The van der Waals surface area contributed by atoms with E-state index in [1.54, 1.807) is 19.3 Å². The first-order valence-corrected chi connectivity index (χ1v) is 11.5. The number of carbonyl (C=O) groups is 2. The Balaban J connectivity index is 1.89. The first-order chi connectivity index (χ1) is 15.3. The van der Waals surface area contributed by atoms with E-state index in [0.29, 0.717) is 39.6 Å². The third kappa shape index (κ3) is 5.94. The lowest BCUT2D eigenvalue weighted by Gasteiger charge is -2.14. The predicted molar refractivity (Wildman–Crippen MR) is 134 cm³/mol. The highest BCUT2D eigenvalue weighted by molar-refractivity contribution is 14.1. The summed E-state index contributed by atoms with van der Waals surface area (Å²) in [7, 11) is 1.58. The molecule has 8 nitrogen and oxygen atoms in total. The van der Waals surface area contributed by atoms with Crippen molar-refractivity contribution in [2.45, 2.75) is 13.8 Å². The van der Waals surface area contributed by atoms with E-state index in [9.17, 15) is 9.59 Å². The number of nitrogens with two attached hydrogens (primary N) is 1. The highest BCUT2D eigenvalue weighted by Gasteiger charge is 2.25. The third-order valence-corrected chi connectivity index (χ3v) is 5.91. The molecule has 0 spiro atoms. The molecule has 1 aliphatic rings. The number of hydrogen-bond acceptors (Lipinski definition) is 7. The molecule has 32 heavy (non-hydrogen) atoms. The molecule has 0 unspecified atom stereocenters. The molecule has 1 saturated heterocycles. The maximum absolute atomic E-state index is 12.5. The highest BCUT2D eigenvalue weighted by atomic mass is 127. The van der Waals surface area contributed by atoms with Gasteiger partial charge in [-0.2, -0.15) is 0 Å². The average Bonchev–Trinajstić information content (AvgIpc) is 3.06. The number of nitrogens with one attached hydrogen (secondary N) is 1. The number of rotatable bonds is 8. The van der Waals surface area contributed by atoms with Gasteiger partial charge in [0.15, 0.2) is 23.3 Å². The Morgan fingerprint density at radius 2 is 2.03 bits per heavy atom. The molecule has 0 aliphatic carbocycles. The van der Waals surface area contributed by atoms with Gasteiger partial charge in [0.05, 0.1) is 22.2 Å². The lowest BCUT2D eigenvalue weighted by Crippen LogP contribution is -2.20. The van der Waals surface area contributed by atoms with Gasteiger partial charge in [0.1, 0.15) is 11.4 Å². The lowest BCUT2D eigenvalue weighted by atomic mass is 10.2. The molecular weight excluding hydrogens is 545 g/mol. The summed E-state index contributed by atoms with van der Waals surface area (Å²) in [6, 6.07) is 9.25. The number of benzene rings is 2. The van der Waals surface area contributed by atoms with Crippen molar-refractivity contribution in [2.24, 2.45) is 10.7 Å². The van der Waals surface area contributed by atoms with Crippen LogP contribution in [0.1, 0.15) is 18.1 Å². The quantitative estimate of drug-likeness (QED) is 0.371. The minimum atomic E-state index is -0.578. The Morgan fingerprint density at radius 3 is 2.72 bits per heavy atom. The number of thioether (sulfide) groups is 1. The molecule has 168 valence electrons. The second-order valence-corrected chi connectivity index (χ2v) is 8.87. The summed E-state index contributed by atoms with van der Waals surface area (Å²) >= 11 is 3.32. The normalized spacial score (nSPS) is 15.7. The molecule has 1 fully saturated rings. The van der Waals surface area contributed by atoms with E-state index < -0.39 is 5.91 Å². The van der Waals surface area contributed by atoms with Crippen molar-refractivity contribution in [3.63, 3.8) is 0 Å². The molecule has 0 saturated carbocycles. The van der Waals surface area contributed by atoms with Crippen molar-refractivity contribution >= 4 is 63.1 Å². The molecular formula is C22H22IN3O5S. The molecule has 10 heteroatoms. The van der Waals surface area contributed by atoms with Crippen molar-refractivity contribution < 1.29 is 23.8 Å². The zero-order valence-corrected chi connectivity index (χ0v) is 20.7. The van der Waals surface area contributed by atoms with Crippen LogP contribution in [0.25, 0.3) is 6.08 Å². The monoisotopic (exact) mass is 567 g/mol. The molecule has 2 aromatic carbocycles. The second kappa shape index (κ2) is 10.7. The number of aliphatic imine (C=N–C) groups is 1. The Bertz CT molecular complexity index is 1120.